The van der Waals surface area contributed by atoms with Crippen LogP contribution in [0.1, 0.15) is 42.6 Å². The van der Waals surface area contributed by atoms with E-state index in [4.69, 9.17) is 4.52 Å². The molecule has 1 atom stereocenters. The predicted octanol–water partition coefficient (Wildman–Crippen LogP) is 4.80. The van der Waals surface area contributed by atoms with Crippen LogP contribution >= 0.6 is 0 Å². The molecule has 14 heteroatoms. The van der Waals surface area contributed by atoms with Crippen LogP contribution in [0.2, 0.25) is 0 Å². The summed E-state index contributed by atoms with van der Waals surface area (Å²) in [4.78, 5) is 31.7. The molecule has 1 fully saturated rings. The Kier molecular flexibility index (Phi) is 7.73. The second-order valence-corrected chi connectivity index (χ2v) is 10.1. The standard InChI is InChI=1S/C28H27F3N6O5/c1-16-23(25(24(27(38)39)17(2)32-16)18-5-3-8-21(13-18)37(40)41)26-33-22(34-42-26)15-35-9-11-36(12-10-35)20-7-4-6-19(14-20)28(29,30)31/h3-8,13-14,25,32H,9-12,15H2,1-2H3,(H,38,39). The van der Waals surface area contributed by atoms with Gasteiger partial charge in [-0.05, 0) is 37.6 Å². The first kappa shape index (κ1) is 28.8. The molecule has 0 saturated carbocycles. The molecule has 2 aliphatic heterocycles. The van der Waals surface area contributed by atoms with Gasteiger partial charge in [0.25, 0.3) is 11.6 Å². The molecule has 3 aromatic rings. The Hall–Kier alpha value is -4.72. The van der Waals surface area contributed by atoms with Gasteiger partial charge in [0.15, 0.2) is 5.82 Å². The van der Waals surface area contributed by atoms with Crippen LogP contribution in [0.4, 0.5) is 24.5 Å². The number of carboxylic acids is 1. The number of alkyl halides is 3. The van der Waals surface area contributed by atoms with Gasteiger partial charge >= 0.3 is 12.1 Å². The van der Waals surface area contributed by atoms with Crippen LogP contribution < -0.4 is 10.2 Å². The van der Waals surface area contributed by atoms with E-state index >= 15 is 0 Å². The van der Waals surface area contributed by atoms with Crippen molar-refractivity contribution in [2.45, 2.75) is 32.5 Å². The van der Waals surface area contributed by atoms with Crippen LogP contribution in [0.15, 0.2) is 70.0 Å². The molecule has 0 radical (unpaired) electrons. The molecule has 2 aromatic carbocycles. The second kappa shape index (κ2) is 11.3. The molecule has 1 unspecified atom stereocenters. The Morgan fingerprint density at radius 1 is 1.12 bits per heavy atom. The van der Waals surface area contributed by atoms with E-state index in [1.165, 1.54) is 24.3 Å². The van der Waals surface area contributed by atoms with Gasteiger partial charge in [-0.15, -0.1) is 0 Å². The summed E-state index contributed by atoms with van der Waals surface area (Å²) < 4.78 is 45.0. The number of benzene rings is 2. The number of non-ortho nitro benzene ring substituents is 1. The van der Waals surface area contributed by atoms with E-state index < -0.39 is 28.6 Å². The van der Waals surface area contributed by atoms with Gasteiger partial charge in [-0.25, -0.2) is 4.79 Å². The number of rotatable bonds is 7. The minimum atomic E-state index is -4.41. The topological polar surface area (TPSA) is 138 Å². The zero-order chi connectivity index (χ0) is 30.2. The van der Waals surface area contributed by atoms with Crippen molar-refractivity contribution in [1.82, 2.24) is 20.4 Å². The lowest BCUT2D eigenvalue weighted by atomic mass is 9.80. The van der Waals surface area contributed by atoms with Crippen molar-refractivity contribution in [1.29, 1.82) is 0 Å². The summed E-state index contributed by atoms with van der Waals surface area (Å²) in [5.41, 5.74) is 1.38. The summed E-state index contributed by atoms with van der Waals surface area (Å²) in [7, 11) is 0. The van der Waals surface area contributed by atoms with Crippen molar-refractivity contribution in [3.05, 3.63) is 98.5 Å². The van der Waals surface area contributed by atoms with E-state index in [1.807, 2.05) is 9.80 Å². The lowest BCUT2D eigenvalue weighted by Crippen LogP contribution is -2.46. The third-order valence-corrected chi connectivity index (χ3v) is 7.38. The first-order valence-corrected chi connectivity index (χ1v) is 13.1. The van der Waals surface area contributed by atoms with Crippen molar-refractivity contribution in [3.63, 3.8) is 0 Å². The highest BCUT2D eigenvalue weighted by Gasteiger charge is 2.37. The van der Waals surface area contributed by atoms with Gasteiger partial charge in [0, 0.05) is 61.0 Å². The SMILES string of the molecule is CC1=C(C(=O)O)C(c2cccc([N+](=O)[O-])c2)C(c2nc(CN3CCN(c4cccc(C(F)(F)F)c4)CC3)no2)=C(C)N1. The first-order chi connectivity index (χ1) is 19.9. The van der Waals surface area contributed by atoms with Crippen LogP contribution in [0.5, 0.6) is 0 Å². The highest BCUT2D eigenvalue weighted by molar-refractivity contribution is 5.95. The Morgan fingerprint density at radius 2 is 1.83 bits per heavy atom. The minimum Gasteiger partial charge on any atom is -0.478 e. The number of aromatic nitrogens is 2. The van der Waals surface area contributed by atoms with Gasteiger partial charge in [-0.1, -0.05) is 23.4 Å². The molecule has 2 N–H and O–H groups in total. The summed E-state index contributed by atoms with van der Waals surface area (Å²) in [6.07, 6.45) is -4.41. The molecule has 0 aliphatic carbocycles. The molecule has 42 heavy (non-hydrogen) atoms. The molecule has 0 spiro atoms. The fourth-order valence-corrected chi connectivity index (χ4v) is 5.38. The maximum absolute atomic E-state index is 13.1. The van der Waals surface area contributed by atoms with Crippen molar-refractivity contribution in [2.24, 2.45) is 0 Å². The zero-order valence-corrected chi connectivity index (χ0v) is 22.7. The fraction of sp³-hybridized carbons (Fsp3) is 0.321. The summed E-state index contributed by atoms with van der Waals surface area (Å²) in [5.74, 6) is -1.67. The monoisotopic (exact) mass is 584 g/mol. The van der Waals surface area contributed by atoms with Gasteiger partial charge in [-0.2, -0.15) is 18.2 Å². The molecule has 2 aliphatic rings. The van der Waals surface area contributed by atoms with Gasteiger partial charge in [0.05, 0.1) is 28.5 Å². The number of nitrogens with zero attached hydrogens (tertiary/aromatic N) is 5. The zero-order valence-electron chi connectivity index (χ0n) is 22.7. The summed E-state index contributed by atoms with van der Waals surface area (Å²) in [6, 6.07) is 11.0. The number of nitro groups is 1. The Morgan fingerprint density at radius 3 is 2.50 bits per heavy atom. The third-order valence-electron chi connectivity index (χ3n) is 7.38. The number of allylic oxidation sites excluding steroid dienone is 3. The number of nitrogens with one attached hydrogen (secondary N) is 1. The number of halogens is 3. The lowest BCUT2D eigenvalue weighted by molar-refractivity contribution is -0.384. The molecule has 0 amide bonds. The highest BCUT2D eigenvalue weighted by Crippen LogP contribution is 2.43. The average molecular weight is 585 g/mol. The summed E-state index contributed by atoms with van der Waals surface area (Å²) >= 11 is 0. The number of carbonyl (C=O) groups is 1. The van der Waals surface area contributed by atoms with E-state index in [1.54, 1.807) is 26.0 Å². The van der Waals surface area contributed by atoms with Crippen molar-refractivity contribution in [3.8, 4) is 0 Å². The number of piperazine rings is 1. The van der Waals surface area contributed by atoms with Crippen LogP contribution in [-0.4, -0.2) is 57.2 Å². The Balaban J connectivity index is 1.35. The second-order valence-electron chi connectivity index (χ2n) is 10.1. The normalized spacial score (nSPS) is 18.3. The van der Waals surface area contributed by atoms with Crippen LogP contribution in [0, 0.1) is 10.1 Å². The van der Waals surface area contributed by atoms with Crippen molar-refractivity contribution < 1.29 is 32.5 Å². The summed E-state index contributed by atoms with van der Waals surface area (Å²) in [5, 5.41) is 28.7. The van der Waals surface area contributed by atoms with Crippen LogP contribution in [-0.2, 0) is 17.5 Å². The highest BCUT2D eigenvalue weighted by atomic mass is 19.4. The first-order valence-electron chi connectivity index (χ1n) is 13.1. The molecule has 5 rings (SSSR count). The number of anilines is 1. The van der Waals surface area contributed by atoms with Gasteiger partial charge in [0.2, 0.25) is 0 Å². The Bertz CT molecular complexity index is 1590. The van der Waals surface area contributed by atoms with Crippen LogP contribution in [0.3, 0.4) is 0 Å². The maximum Gasteiger partial charge on any atom is 0.416 e. The van der Waals surface area contributed by atoms with E-state index in [0.717, 1.165) is 12.1 Å². The molecule has 0 bridgehead atoms. The van der Waals surface area contributed by atoms with E-state index in [2.05, 4.69) is 15.5 Å². The average Bonchev–Trinajstić information content (AvgIpc) is 3.40. The molecule has 3 heterocycles. The third kappa shape index (κ3) is 5.84. The number of carboxylic acid groups (broad SMARTS) is 1. The molecule has 220 valence electrons. The predicted molar refractivity (Wildman–Crippen MR) is 145 cm³/mol. The number of nitro benzene ring substituents is 1. The number of hydrogen-bond donors (Lipinski definition) is 2. The largest absolute Gasteiger partial charge is 0.478 e. The van der Waals surface area contributed by atoms with Crippen molar-refractivity contribution in [2.75, 3.05) is 31.1 Å². The lowest BCUT2D eigenvalue weighted by Gasteiger charge is -2.35. The molecule has 1 saturated heterocycles. The minimum absolute atomic E-state index is 0.00145. The van der Waals surface area contributed by atoms with E-state index in [0.29, 0.717) is 66.8 Å². The number of dihydropyridines is 1. The Labute approximate surface area is 238 Å². The number of aliphatic carboxylic acids is 1. The van der Waals surface area contributed by atoms with Gasteiger partial charge in [-0.3, -0.25) is 15.0 Å². The molecular weight excluding hydrogens is 557 g/mol. The smallest absolute Gasteiger partial charge is 0.416 e. The maximum atomic E-state index is 13.1. The molecule has 11 nitrogen and oxygen atoms in total. The number of hydrogen-bond acceptors (Lipinski definition) is 9. The van der Waals surface area contributed by atoms with Crippen LogP contribution in [0.25, 0.3) is 5.57 Å². The summed E-state index contributed by atoms with van der Waals surface area (Å²) in [6.45, 7) is 5.75. The van der Waals surface area contributed by atoms with E-state index in [-0.39, 0.29) is 17.2 Å². The molecular formula is C28H27F3N6O5. The fourth-order valence-electron chi connectivity index (χ4n) is 5.38. The quantitative estimate of drug-likeness (QED) is 0.294. The van der Waals surface area contributed by atoms with Gasteiger partial charge < -0.3 is 19.8 Å². The molecule has 1 aromatic heterocycles. The van der Waals surface area contributed by atoms with Gasteiger partial charge in [0.1, 0.15) is 0 Å². The van der Waals surface area contributed by atoms with Crippen molar-refractivity contribution >= 4 is 22.9 Å². The van der Waals surface area contributed by atoms with E-state index in [9.17, 15) is 33.2 Å².